The fraction of sp³-hybridized carbons (Fsp3) is 0.526. The number of carbonyl (C=O) groups is 2. The van der Waals surface area contributed by atoms with Crippen LogP contribution in [0.4, 0.5) is 5.69 Å². The number of nitrogens with two attached hydrogens (primary N) is 1. The molecule has 9 nitrogen and oxygen atoms in total. The van der Waals surface area contributed by atoms with Crippen LogP contribution < -0.4 is 16.1 Å². The van der Waals surface area contributed by atoms with Crippen molar-refractivity contribution in [2.24, 2.45) is 10.8 Å². The average molecular weight is 420 g/mol. The van der Waals surface area contributed by atoms with Gasteiger partial charge < -0.3 is 11.1 Å². The lowest BCUT2D eigenvalue weighted by molar-refractivity contribution is -0.119. The molecule has 2 fully saturated rings. The lowest BCUT2D eigenvalue weighted by atomic mass is 10.1. The molecule has 3 unspecified atom stereocenters. The van der Waals surface area contributed by atoms with E-state index in [2.05, 4.69) is 15.3 Å². The summed E-state index contributed by atoms with van der Waals surface area (Å²) in [6.07, 6.45) is 2.16. The van der Waals surface area contributed by atoms with E-state index in [1.807, 2.05) is 18.2 Å². The lowest BCUT2D eigenvalue weighted by Crippen LogP contribution is -2.51. The zero-order chi connectivity index (χ0) is 20.6. The van der Waals surface area contributed by atoms with Gasteiger partial charge in [0.1, 0.15) is 11.8 Å². The van der Waals surface area contributed by atoms with E-state index in [1.165, 1.54) is 5.01 Å². The summed E-state index contributed by atoms with van der Waals surface area (Å²) in [5.41, 5.74) is 6.37. The number of hydrazone groups is 1. The number of benzene rings is 1. The van der Waals surface area contributed by atoms with Crippen molar-refractivity contribution in [3.8, 4) is 0 Å². The van der Waals surface area contributed by atoms with Gasteiger partial charge in [0.15, 0.2) is 9.84 Å². The van der Waals surface area contributed by atoms with Crippen molar-refractivity contribution < 1.29 is 18.0 Å². The number of anilines is 1. The van der Waals surface area contributed by atoms with Crippen LogP contribution >= 0.6 is 0 Å². The summed E-state index contributed by atoms with van der Waals surface area (Å²) >= 11 is 0. The number of nitrogens with zero attached hydrogens (tertiary/aromatic N) is 3. The average Bonchev–Trinajstić information content (AvgIpc) is 3.40. The first-order valence-corrected chi connectivity index (χ1v) is 11.6. The highest BCUT2D eigenvalue weighted by molar-refractivity contribution is 7.91. The van der Waals surface area contributed by atoms with E-state index in [1.54, 1.807) is 12.1 Å². The molecule has 1 aromatic carbocycles. The van der Waals surface area contributed by atoms with E-state index >= 15 is 0 Å². The molecule has 3 aliphatic rings. The maximum atomic E-state index is 12.9. The van der Waals surface area contributed by atoms with Gasteiger partial charge in [0.25, 0.3) is 5.91 Å². The molecule has 4 rings (SSSR count). The highest BCUT2D eigenvalue weighted by Crippen LogP contribution is 2.26. The van der Waals surface area contributed by atoms with E-state index in [0.717, 1.165) is 25.9 Å². The van der Waals surface area contributed by atoms with Crippen LogP contribution in [0.2, 0.25) is 0 Å². The number of carbonyl (C=O) groups excluding carboxylic acids is 2. The topological polar surface area (TPSA) is 125 Å². The van der Waals surface area contributed by atoms with Crippen molar-refractivity contribution in [2.45, 2.75) is 37.4 Å². The normalized spacial score (nSPS) is 29.0. The van der Waals surface area contributed by atoms with Gasteiger partial charge in [-0.1, -0.05) is 18.2 Å². The molecular weight excluding hydrogens is 394 g/mol. The standard InChI is InChI=1S/C19H25N5O4S/c20-18(25)16-10-14(22-24(16)13-6-2-1-3-7-13)19(26)21-15-11-29(27,28)12-17(15)23-8-4-5-9-23/h1-3,6-7,15-17H,4-5,8-12H2,(H2,20,25)(H,21,26). The van der Waals surface area contributed by atoms with Crippen molar-refractivity contribution in [3.63, 3.8) is 0 Å². The minimum Gasteiger partial charge on any atom is -0.368 e. The first kappa shape index (κ1) is 19.8. The van der Waals surface area contributed by atoms with Gasteiger partial charge >= 0.3 is 0 Å². The fourth-order valence-corrected chi connectivity index (χ4v) is 6.29. The summed E-state index contributed by atoms with van der Waals surface area (Å²) in [5, 5.41) is 8.66. The molecule has 29 heavy (non-hydrogen) atoms. The molecule has 3 aliphatic heterocycles. The SMILES string of the molecule is NC(=O)C1CC(C(=O)NC2CS(=O)(=O)CC2N2CCCC2)=NN1c1ccccc1. The predicted octanol–water partition coefficient (Wildman–Crippen LogP) is -0.516. The van der Waals surface area contributed by atoms with E-state index in [9.17, 15) is 18.0 Å². The van der Waals surface area contributed by atoms with Gasteiger partial charge in [-0.25, -0.2) is 8.42 Å². The molecule has 0 aliphatic carbocycles. The third-order valence-electron chi connectivity index (χ3n) is 5.77. The van der Waals surface area contributed by atoms with Crippen molar-refractivity contribution in [2.75, 3.05) is 29.6 Å². The Morgan fingerprint density at radius 3 is 2.45 bits per heavy atom. The third-order valence-corrected chi connectivity index (χ3v) is 7.49. The van der Waals surface area contributed by atoms with Gasteiger partial charge in [0.05, 0.1) is 23.2 Å². The van der Waals surface area contributed by atoms with Gasteiger partial charge in [-0.15, -0.1) is 0 Å². The Morgan fingerprint density at radius 2 is 1.79 bits per heavy atom. The number of rotatable bonds is 5. The molecule has 0 radical (unpaired) electrons. The number of sulfone groups is 1. The molecule has 1 aromatic rings. The van der Waals surface area contributed by atoms with E-state index < -0.39 is 33.7 Å². The quantitative estimate of drug-likeness (QED) is 0.662. The lowest BCUT2D eigenvalue weighted by Gasteiger charge is -2.28. The summed E-state index contributed by atoms with van der Waals surface area (Å²) in [6.45, 7) is 1.69. The zero-order valence-electron chi connectivity index (χ0n) is 16.0. The first-order chi connectivity index (χ1) is 13.8. The second-order valence-corrected chi connectivity index (χ2v) is 9.97. The van der Waals surface area contributed by atoms with Crippen molar-refractivity contribution in [1.82, 2.24) is 10.2 Å². The second kappa shape index (κ2) is 7.75. The fourth-order valence-electron chi connectivity index (χ4n) is 4.34. The number of nitrogens with one attached hydrogen (secondary N) is 1. The van der Waals surface area contributed by atoms with Crippen LogP contribution in [0.3, 0.4) is 0 Å². The number of likely N-dealkylation sites (tertiary alicyclic amines) is 1. The monoisotopic (exact) mass is 419 g/mol. The number of para-hydroxylation sites is 1. The van der Waals surface area contributed by atoms with Crippen LogP contribution in [-0.2, 0) is 19.4 Å². The van der Waals surface area contributed by atoms with Crippen LogP contribution in [0, 0.1) is 0 Å². The van der Waals surface area contributed by atoms with E-state index in [0.29, 0.717) is 5.69 Å². The molecule has 2 amide bonds. The van der Waals surface area contributed by atoms with E-state index in [-0.39, 0.29) is 29.7 Å². The van der Waals surface area contributed by atoms with E-state index in [4.69, 9.17) is 5.73 Å². The number of hydrogen-bond acceptors (Lipinski definition) is 7. The molecule has 0 bridgehead atoms. The number of primary amides is 1. The minimum atomic E-state index is -3.21. The van der Waals surface area contributed by atoms with Crippen LogP contribution in [0.1, 0.15) is 19.3 Å². The number of amides is 2. The number of hydrogen-bond donors (Lipinski definition) is 2. The molecular formula is C19H25N5O4S. The summed E-state index contributed by atoms with van der Waals surface area (Å²) in [6, 6.07) is 7.59. The highest BCUT2D eigenvalue weighted by atomic mass is 32.2. The molecule has 3 N–H and O–H groups in total. The van der Waals surface area contributed by atoms with Crippen molar-refractivity contribution in [3.05, 3.63) is 30.3 Å². The van der Waals surface area contributed by atoms with Gasteiger partial charge in [0, 0.05) is 12.5 Å². The Labute approximate surface area is 169 Å². The molecule has 0 spiro atoms. The van der Waals surface area contributed by atoms with Crippen LogP contribution in [0.25, 0.3) is 0 Å². The first-order valence-electron chi connectivity index (χ1n) is 9.80. The Balaban J connectivity index is 1.52. The van der Waals surface area contributed by atoms with Crippen LogP contribution in [0.5, 0.6) is 0 Å². The Hall–Kier alpha value is -2.46. The Kier molecular flexibility index (Phi) is 5.30. The molecule has 2 saturated heterocycles. The van der Waals surface area contributed by atoms with Crippen LogP contribution in [-0.4, -0.2) is 73.6 Å². The second-order valence-electron chi connectivity index (χ2n) is 7.82. The molecule has 0 aromatic heterocycles. The van der Waals surface area contributed by atoms with Crippen molar-refractivity contribution >= 4 is 33.1 Å². The summed E-state index contributed by atoms with van der Waals surface area (Å²) in [7, 11) is -3.21. The third kappa shape index (κ3) is 4.13. The van der Waals surface area contributed by atoms with Crippen LogP contribution in [0.15, 0.2) is 35.4 Å². The molecule has 3 atom stereocenters. The summed E-state index contributed by atoms with van der Waals surface area (Å²) in [4.78, 5) is 26.9. The largest absolute Gasteiger partial charge is 0.368 e. The summed E-state index contributed by atoms with van der Waals surface area (Å²) < 4.78 is 24.4. The van der Waals surface area contributed by atoms with Gasteiger partial charge in [-0.2, -0.15) is 5.10 Å². The zero-order valence-corrected chi connectivity index (χ0v) is 16.8. The molecule has 156 valence electrons. The smallest absolute Gasteiger partial charge is 0.267 e. The van der Waals surface area contributed by atoms with Gasteiger partial charge in [0.2, 0.25) is 5.91 Å². The summed E-state index contributed by atoms with van der Waals surface area (Å²) in [5.74, 6) is -1.03. The van der Waals surface area contributed by atoms with Gasteiger partial charge in [-0.05, 0) is 38.1 Å². The molecule has 3 heterocycles. The van der Waals surface area contributed by atoms with Gasteiger partial charge in [-0.3, -0.25) is 19.5 Å². The molecule has 10 heteroatoms. The predicted molar refractivity (Wildman–Crippen MR) is 109 cm³/mol. The molecule has 0 saturated carbocycles. The maximum Gasteiger partial charge on any atom is 0.267 e. The minimum absolute atomic E-state index is 0.0600. The van der Waals surface area contributed by atoms with Crippen molar-refractivity contribution in [1.29, 1.82) is 0 Å². The highest BCUT2D eigenvalue weighted by Gasteiger charge is 2.43. The maximum absolute atomic E-state index is 12.9. The Morgan fingerprint density at radius 1 is 1.10 bits per heavy atom. The Bertz CT molecular complexity index is 927.